The van der Waals surface area contributed by atoms with E-state index in [9.17, 15) is 14.4 Å². The number of hydrogen-bond donors (Lipinski definition) is 1. The van der Waals surface area contributed by atoms with Gasteiger partial charge >= 0.3 is 0 Å². The molecule has 0 spiro atoms. The molecule has 0 saturated carbocycles. The lowest BCUT2D eigenvalue weighted by Gasteiger charge is -2.13. The fraction of sp³-hybridized carbons (Fsp3) is 0.136. The standard InChI is InChI=1S/C22H20N2O4S/c1-2-14-28-18-10-8-17(9-11-18)20(25)23-12-13-24-21(26)19(29-22(24)27)15-16-6-4-3-5-7-16/h2-11,15H,1,12-14H2,(H,23,25)/b19-15-. The predicted octanol–water partition coefficient (Wildman–Crippen LogP) is 3.72. The number of rotatable bonds is 8. The van der Waals surface area contributed by atoms with E-state index in [2.05, 4.69) is 11.9 Å². The van der Waals surface area contributed by atoms with Crippen LogP contribution >= 0.6 is 11.8 Å². The molecular formula is C22H20N2O4S. The summed E-state index contributed by atoms with van der Waals surface area (Å²) in [5.41, 5.74) is 1.32. The molecule has 2 aromatic rings. The van der Waals surface area contributed by atoms with Gasteiger partial charge in [0.05, 0.1) is 4.91 Å². The number of nitrogens with one attached hydrogen (secondary N) is 1. The molecule has 0 unspecified atom stereocenters. The molecule has 2 aromatic carbocycles. The number of carbonyl (C=O) groups excluding carboxylic acids is 3. The van der Waals surface area contributed by atoms with Crippen LogP contribution in [0.1, 0.15) is 15.9 Å². The Kier molecular flexibility index (Phi) is 6.86. The van der Waals surface area contributed by atoms with E-state index in [-0.39, 0.29) is 30.1 Å². The topological polar surface area (TPSA) is 75.7 Å². The van der Waals surface area contributed by atoms with E-state index < -0.39 is 0 Å². The van der Waals surface area contributed by atoms with Gasteiger partial charge in [0.15, 0.2) is 0 Å². The predicted molar refractivity (Wildman–Crippen MR) is 114 cm³/mol. The van der Waals surface area contributed by atoms with Gasteiger partial charge in [-0.2, -0.15) is 0 Å². The number of nitrogens with zero attached hydrogens (tertiary/aromatic N) is 1. The molecule has 1 aliphatic heterocycles. The maximum atomic E-state index is 12.5. The third-order valence-corrected chi connectivity index (χ3v) is 4.98. The summed E-state index contributed by atoms with van der Waals surface area (Å²) >= 11 is 0.905. The SMILES string of the molecule is C=CCOc1ccc(C(=O)NCCN2C(=O)S/C(=C\c3ccccc3)C2=O)cc1. The van der Waals surface area contributed by atoms with Gasteiger partial charge in [-0.15, -0.1) is 0 Å². The van der Waals surface area contributed by atoms with Gasteiger partial charge in [0.2, 0.25) is 0 Å². The first-order valence-electron chi connectivity index (χ1n) is 9.01. The molecule has 1 N–H and O–H groups in total. The van der Waals surface area contributed by atoms with Crippen molar-refractivity contribution in [1.82, 2.24) is 10.2 Å². The zero-order valence-electron chi connectivity index (χ0n) is 15.7. The van der Waals surface area contributed by atoms with Gasteiger partial charge in [-0.25, -0.2) is 0 Å². The van der Waals surface area contributed by atoms with Gasteiger partial charge in [-0.1, -0.05) is 43.0 Å². The molecule has 3 amide bonds. The van der Waals surface area contributed by atoms with E-state index in [0.717, 1.165) is 22.2 Å². The fourth-order valence-electron chi connectivity index (χ4n) is 2.63. The Hall–Kier alpha value is -3.32. The van der Waals surface area contributed by atoms with Crippen LogP contribution in [0, 0.1) is 0 Å². The minimum absolute atomic E-state index is 0.114. The van der Waals surface area contributed by atoms with Gasteiger partial charge in [0, 0.05) is 18.7 Å². The van der Waals surface area contributed by atoms with Crippen molar-refractivity contribution in [3.05, 3.63) is 83.3 Å². The van der Waals surface area contributed by atoms with Crippen LogP contribution in [0.15, 0.2) is 72.2 Å². The van der Waals surface area contributed by atoms with Crippen molar-refractivity contribution < 1.29 is 19.1 Å². The summed E-state index contributed by atoms with van der Waals surface area (Å²) in [5, 5.41) is 2.39. The highest BCUT2D eigenvalue weighted by molar-refractivity contribution is 8.18. The number of imide groups is 1. The van der Waals surface area contributed by atoms with Gasteiger partial charge in [0.1, 0.15) is 12.4 Å². The number of ether oxygens (including phenoxy) is 1. The van der Waals surface area contributed by atoms with Crippen LogP contribution in [0.25, 0.3) is 6.08 Å². The molecule has 0 radical (unpaired) electrons. The van der Waals surface area contributed by atoms with Gasteiger partial charge in [0.25, 0.3) is 17.1 Å². The zero-order valence-corrected chi connectivity index (χ0v) is 16.5. The maximum Gasteiger partial charge on any atom is 0.293 e. The minimum atomic E-state index is -0.346. The minimum Gasteiger partial charge on any atom is -0.490 e. The molecule has 7 heteroatoms. The van der Waals surface area contributed by atoms with Crippen LogP contribution in [0.4, 0.5) is 4.79 Å². The smallest absolute Gasteiger partial charge is 0.293 e. The van der Waals surface area contributed by atoms with Crippen molar-refractivity contribution >= 4 is 34.9 Å². The van der Waals surface area contributed by atoms with E-state index in [1.54, 1.807) is 36.4 Å². The van der Waals surface area contributed by atoms with Crippen molar-refractivity contribution in [3.8, 4) is 5.75 Å². The van der Waals surface area contributed by atoms with E-state index >= 15 is 0 Å². The molecule has 1 fully saturated rings. The lowest BCUT2D eigenvalue weighted by Crippen LogP contribution is -2.37. The third kappa shape index (κ3) is 5.36. The Balaban J connectivity index is 1.52. The van der Waals surface area contributed by atoms with Crippen molar-refractivity contribution in [2.75, 3.05) is 19.7 Å². The first kappa shape index (κ1) is 20.4. The molecule has 1 saturated heterocycles. The number of benzene rings is 2. The van der Waals surface area contributed by atoms with Crippen LogP contribution in [0.5, 0.6) is 5.75 Å². The van der Waals surface area contributed by atoms with Gasteiger partial charge in [-0.3, -0.25) is 19.3 Å². The van der Waals surface area contributed by atoms with Crippen LogP contribution in [0.3, 0.4) is 0 Å². The number of hydrogen-bond acceptors (Lipinski definition) is 5. The summed E-state index contributed by atoms with van der Waals surface area (Å²) in [7, 11) is 0. The van der Waals surface area contributed by atoms with E-state index in [0.29, 0.717) is 22.8 Å². The normalized spacial score (nSPS) is 14.9. The lowest BCUT2D eigenvalue weighted by molar-refractivity contribution is -0.122. The van der Waals surface area contributed by atoms with Crippen LogP contribution in [-0.2, 0) is 4.79 Å². The molecule has 1 heterocycles. The second kappa shape index (κ2) is 9.75. The average molecular weight is 408 g/mol. The second-order valence-electron chi connectivity index (χ2n) is 6.12. The van der Waals surface area contributed by atoms with Crippen LogP contribution in [-0.4, -0.2) is 41.6 Å². The Morgan fingerprint density at radius 2 is 1.83 bits per heavy atom. The maximum absolute atomic E-state index is 12.5. The summed E-state index contributed by atoms with van der Waals surface area (Å²) < 4.78 is 5.38. The third-order valence-electron chi connectivity index (χ3n) is 4.08. The zero-order chi connectivity index (χ0) is 20.6. The molecule has 0 bridgehead atoms. The highest BCUT2D eigenvalue weighted by Crippen LogP contribution is 2.31. The van der Waals surface area contributed by atoms with E-state index in [1.807, 2.05) is 30.3 Å². The molecule has 0 atom stereocenters. The number of amides is 3. The quantitative estimate of drug-likeness (QED) is 0.532. The molecule has 1 aliphatic rings. The average Bonchev–Trinajstić information content (AvgIpc) is 3.00. The van der Waals surface area contributed by atoms with E-state index in [1.165, 1.54) is 0 Å². The second-order valence-corrected chi connectivity index (χ2v) is 7.12. The molecular weight excluding hydrogens is 388 g/mol. The first-order valence-corrected chi connectivity index (χ1v) is 9.82. The Labute approximate surface area is 173 Å². The molecule has 0 aliphatic carbocycles. The Morgan fingerprint density at radius 1 is 1.10 bits per heavy atom. The van der Waals surface area contributed by atoms with Crippen LogP contribution < -0.4 is 10.1 Å². The first-order chi connectivity index (χ1) is 14.1. The largest absolute Gasteiger partial charge is 0.490 e. The number of thioether (sulfide) groups is 1. The highest BCUT2D eigenvalue weighted by Gasteiger charge is 2.34. The summed E-state index contributed by atoms with van der Waals surface area (Å²) in [5.74, 6) is 0.0124. The van der Waals surface area contributed by atoms with Crippen LogP contribution in [0.2, 0.25) is 0 Å². The molecule has 148 valence electrons. The van der Waals surface area contributed by atoms with Crippen molar-refractivity contribution in [3.63, 3.8) is 0 Å². The van der Waals surface area contributed by atoms with Crippen molar-refractivity contribution in [2.24, 2.45) is 0 Å². The summed E-state index contributed by atoms with van der Waals surface area (Å²) in [6.07, 6.45) is 3.33. The van der Waals surface area contributed by atoms with Gasteiger partial charge < -0.3 is 10.1 Å². The van der Waals surface area contributed by atoms with Crippen molar-refractivity contribution in [2.45, 2.75) is 0 Å². The molecule has 0 aromatic heterocycles. The summed E-state index contributed by atoms with van der Waals surface area (Å²) in [6, 6.07) is 16.0. The molecule has 29 heavy (non-hydrogen) atoms. The van der Waals surface area contributed by atoms with Crippen molar-refractivity contribution in [1.29, 1.82) is 0 Å². The Morgan fingerprint density at radius 3 is 2.52 bits per heavy atom. The van der Waals surface area contributed by atoms with Gasteiger partial charge in [-0.05, 0) is 47.7 Å². The number of carbonyl (C=O) groups is 3. The molecule has 6 nitrogen and oxygen atoms in total. The monoisotopic (exact) mass is 408 g/mol. The van der Waals surface area contributed by atoms with E-state index in [4.69, 9.17) is 4.74 Å². The summed E-state index contributed by atoms with van der Waals surface area (Å²) in [4.78, 5) is 38.4. The highest BCUT2D eigenvalue weighted by atomic mass is 32.2. The molecule has 3 rings (SSSR count). The summed E-state index contributed by atoms with van der Waals surface area (Å²) in [6.45, 7) is 4.25. The Bertz CT molecular complexity index is 939. The lowest BCUT2D eigenvalue weighted by atomic mass is 10.2. The fourth-order valence-corrected chi connectivity index (χ4v) is 3.50.